The quantitative estimate of drug-likeness (QED) is 0.787. The van der Waals surface area contributed by atoms with Crippen LogP contribution in [0.15, 0.2) is 21.2 Å². The second-order valence-corrected chi connectivity index (χ2v) is 3.46. The summed E-state index contributed by atoms with van der Waals surface area (Å²) >= 11 is 3.15. The third-order valence-electron chi connectivity index (χ3n) is 1.46. The lowest BCUT2D eigenvalue weighted by molar-refractivity contribution is 0.187. The Balaban J connectivity index is 2.92. The largest absolute Gasteiger partial charge is 0.452 e. The van der Waals surface area contributed by atoms with Gasteiger partial charge in [-0.05, 0) is 35.0 Å². The van der Waals surface area contributed by atoms with Gasteiger partial charge in [0.05, 0.1) is 12.1 Å². The Morgan fingerprint density at radius 1 is 1.73 bits per heavy atom. The van der Waals surface area contributed by atoms with Crippen LogP contribution >= 0.6 is 15.9 Å². The van der Waals surface area contributed by atoms with Gasteiger partial charge in [-0.15, -0.1) is 0 Å². The smallest absolute Gasteiger partial charge is 0.169 e. The molecule has 1 atom stereocenters. The SMILES string of the molecule is CC(N)(CO)c1ccc(Br)o1. The van der Waals surface area contributed by atoms with Gasteiger partial charge in [0.25, 0.3) is 0 Å². The Kier molecular flexibility index (Phi) is 2.37. The van der Waals surface area contributed by atoms with Crippen LogP contribution in [0.1, 0.15) is 12.7 Å². The zero-order valence-corrected chi connectivity index (χ0v) is 7.76. The zero-order chi connectivity index (χ0) is 8.48. The van der Waals surface area contributed by atoms with Crippen LogP contribution in [0.4, 0.5) is 0 Å². The molecule has 62 valence electrons. The van der Waals surface area contributed by atoms with Gasteiger partial charge in [-0.3, -0.25) is 0 Å². The molecule has 0 fully saturated rings. The van der Waals surface area contributed by atoms with E-state index >= 15 is 0 Å². The molecule has 0 aromatic carbocycles. The summed E-state index contributed by atoms with van der Waals surface area (Å²) in [6.45, 7) is 1.57. The maximum Gasteiger partial charge on any atom is 0.169 e. The average Bonchev–Trinajstić information content (AvgIpc) is 2.36. The molecule has 0 saturated carbocycles. The summed E-state index contributed by atoms with van der Waals surface area (Å²) in [5.74, 6) is 0.576. The van der Waals surface area contributed by atoms with E-state index in [9.17, 15) is 0 Å². The fraction of sp³-hybridized carbons (Fsp3) is 0.429. The summed E-state index contributed by atoms with van der Waals surface area (Å²) in [4.78, 5) is 0. The Morgan fingerprint density at radius 2 is 2.36 bits per heavy atom. The highest BCUT2D eigenvalue weighted by Gasteiger charge is 2.23. The molecule has 3 nitrogen and oxygen atoms in total. The van der Waals surface area contributed by atoms with Crippen molar-refractivity contribution in [2.45, 2.75) is 12.5 Å². The van der Waals surface area contributed by atoms with Gasteiger partial charge in [0.15, 0.2) is 4.67 Å². The number of halogens is 1. The summed E-state index contributed by atoms with van der Waals surface area (Å²) in [6, 6.07) is 3.48. The molecule has 11 heavy (non-hydrogen) atoms. The zero-order valence-electron chi connectivity index (χ0n) is 6.17. The van der Waals surface area contributed by atoms with Crippen LogP contribution in [0.25, 0.3) is 0 Å². The van der Waals surface area contributed by atoms with Gasteiger partial charge in [0.1, 0.15) is 5.76 Å². The predicted octanol–water partition coefficient (Wildman–Crippen LogP) is 1.21. The molecule has 0 aliphatic rings. The minimum Gasteiger partial charge on any atom is -0.452 e. The molecule has 1 aromatic rings. The molecule has 3 N–H and O–H groups in total. The van der Waals surface area contributed by atoms with E-state index in [1.165, 1.54) is 0 Å². The first kappa shape index (κ1) is 8.77. The lowest BCUT2D eigenvalue weighted by atomic mass is 10.0. The average molecular weight is 220 g/mol. The molecule has 0 aliphatic carbocycles. The van der Waals surface area contributed by atoms with Crippen LogP contribution in [0.2, 0.25) is 0 Å². The number of hydrogen-bond donors (Lipinski definition) is 2. The van der Waals surface area contributed by atoms with Crippen LogP contribution in [0, 0.1) is 0 Å². The van der Waals surface area contributed by atoms with Crippen LogP contribution in [0.5, 0.6) is 0 Å². The Hall–Kier alpha value is -0.320. The number of aliphatic hydroxyl groups excluding tert-OH is 1. The van der Waals surface area contributed by atoms with Crippen molar-refractivity contribution in [3.63, 3.8) is 0 Å². The van der Waals surface area contributed by atoms with Crippen molar-refractivity contribution in [2.24, 2.45) is 5.73 Å². The Labute approximate surface area is 73.3 Å². The Bertz CT molecular complexity index is 244. The van der Waals surface area contributed by atoms with E-state index in [4.69, 9.17) is 15.3 Å². The highest BCUT2D eigenvalue weighted by Crippen LogP contribution is 2.22. The summed E-state index contributed by atoms with van der Waals surface area (Å²) < 4.78 is 5.79. The van der Waals surface area contributed by atoms with E-state index in [0.717, 1.165) is 0 Å². The molecule has 0 radical (unpaired) electrons. The molecule has 1 heterocycles. The van der Waals surface area contributed by atoms with Gasteiger partial charge in [0, 0.05) is 0 Å². The van der Waals surface area contributed by atoms with Gasteiger partial charge >= 0.3 is 0 Å². The first-order chi connectivity index (χ1) is 5.06. The number of rotatable bonds is 2. The maximum absolute atomic E-state index is 8.86. The highest BCUT2D eigenvalue weighted by molar-refractivity contribution is 9.10. The lowest BCUT2D eigenvalue weighted by Crippen LogP contribution is -2.36. The molecule has 0 spiro atoms. The molecule has 0 amide bonds. The Morgan fingerprint density at radius 3 is 2.73 bits per heavy atom. The molecule has 1 rings (SSSR count). The van der Waals surface area contributed by atoms with E-state index in [-0.39, 0.29) is 6.61 Å². The van der Waals surface area contributed by atoms with Gasteiger partial charge in [0.2, 0.25) is 0 Å². The van der Waals surface area contributed by atoms with E-state index in [1.54, 1.807) is 19.1 Å². The first-order valence-electron chi connectivity index (χ1n) is 3.22. The van der Waals surface area contributed by atoms with Gasteiger partial charge < -0.3 is 15.3 Å². The normalized spacial score (nSPS) is 16.4. The summed E-state index contributed by atoms with van der Waals surface area (Å²) in [5, 5.41) is 8.86. The van der Waals surface area contributed by atoms with Gasteiger partial charge in [-0.1, -0.05) is 0 Å². The standard InChI is InChI=1S/C7H10BrNO2/c1-7(9,4-10)5-2-3-6(8)11-5/h2-3,10H,4,9H2,1H3. The molecule has 4 heteroatoms. The van der Waals surface area contributed by atoms with Crippen molar-refractivity contribution >= 4 is 15.9 Å². The van der Waals surface area contributed by atoms with Crippen molar-refractivity contribution < 1.29 is 9.52 Å². The van der Waals surface area contributed by atoms with E-state index in [0.29, 0.717) is 10.4 Å². The molecular formula is C7H10BrNO2. The number of nitrogens with two attached hydrogens (primary N) is 1. The van der Waals surface area contributed by atoms with Crippen molar-refractivity contribution in [1.82, 2.24) is 0 Å². The van der Waals surface area contributed by atoms with E-state index < -0.39 is 5.54 Å². The molecular weight excluding hydrogens is 210 g/mol. The summed E-state index contributed by atoms with van der Waals surface area (Å²) in [6.07, 6.45) is 0. The van der Waals surface area contributed by atoms with Gasteiger partial charge in [-0.2, -0.15) is 0 Å². The van der Waals surface area contributed by atoms with Crippen LogP contribution in [0.3, 0.4) is 0 Å². The maximum atomic E-state index is 8.86. The van der Waals surface area contributed by atoms with E-state index in [2.05, 4.69) is 15.9 Å². The van der Waals surface area contributed by atoms with Crippen molar-refractivity contribution in [2.75, 3.05) is 6.61 Å². The van der Waals surface area contributed by atoms with Crippen LogP contribution in [-0.4, -0.2) is 11.7 Å². The number of hydrogen-bond acceptors (Lipinski definition) is 3. The topological polar surface area (TPSA) is 59.4 Å². The predicted molar refractivity (Wildman–Crippen MR) is 45.0 cm³/mol. The second-order valence-electron chi connectivity index (χ2n) is 2.68. The number of aliphatic hydroxyl groups is 1. The summed E-state index contributed by atoms with van der Waals surface area (Å²) in [7, 11) is 0. The number of furan rings is 1. The monoisotopic (exact) mass is 219 g/mol. The van der Waals surface area contributed by atoms with Crippen LogP contribution < -0.4 is 5.73 Å². The van der Waals surface area contributed by atoms with Gasteiger partial charge in [-0.25, -0.2) is 0 Å². The van der Waals surface area contributed by atoms with Crippen LogP contribution in [-0.2, 0) is 5.54 Å². The lowest BCUT2D eigenvalue weighted by Gasteiger charge is -2.17. The minimum atomic E-state index is -0.786. The molecule has 0 bridgehead atoms. The van der Waals surface area contributed by atoms with Crippen molar-refractivity contribution in [1.29, 1.82) is 0 Å². The van der Waals surface area contributed by atoms with Crippen molar-refractivity contribution in [3.8, 4) is 0 Å². The second kappa shape index (κ2) is 2.97. The molecule has 1 aromatic heterocycles. The van der Waals surface area contributed by atoms with E-state index in [1.807, 2.05) is 0 Å². The third kappa shape index (κ3) is 1.83. The summed E-state index contributed by atoms with van der Waals surface area (Å²) in [5.41, 5.74) is 4.90. The fourth-order valence-electron chi connectivity index (χ4n) is 0.699. The fourth-order valence-corrected chi connectivity index (χ4v) is 1.01. The first-order valence-corrected chi connectivity index (χ1v) is 4.01. The van der Waals surface area contributed by atoms with Crippen molar-refractivity contribution in [3.05, 3.63) is 22.6 Å². The third-order valence-corrected chi connectivity index (χ3v) is 1.89. The minimum absolute atomic E-state index is 0.132. The highest BCUT2D eigenvalue weighted by atomic mass is 79.9. The molecule has 0 aliphatic heterocycles. The molecule has 0 saturated heterocycles. The molecule has 1 unspecified atom stereocenters.